The van der Waals surface area contributed by atoms with E-state index in [1.54, 1.807) is 0 Å². The number of hydrogen-bond acceptors (Lipinski definition) is 0. The van der Waals surface area contributed by atoms with Crippen LogP contribution in [0.15, 0.2) is 0 Å². The predicted octanol–water partition coefficient (Wildman–Crippen LogP) is -1.09. The van der Waals surface area contributed by atoms with Gasteiger partial charge in [-0.05, 0) is 0 Å². The molecule has 0 radical (unpaired) electrons. The van der Waals surface area contributed by atoms with Gasteiger partial charge in [-0.2, -0.15) is 4.90 Å². The first-order valence-corrected chi connectivity index (χ1v) is 5.47. The molecule has 0 atom stereocenters. The molecule has 1 aliphatic rings. The molecule has 0 aromatic carbocycles. The molecular weight excluding hydrogens is 341 g/mol. The monoisotopic (exact) mass is 355 g/mol. The van der Waals surface area contributed by atoms with Gasteiger partial charge in [0.25, 0.3) is 4.38 Å². The van der Waals surface area contributed by atoms with Crippen molar-refractivity contribution in [2.45, 2.75) is 0 Å². The van der Waals surface area contributed by atoms with Crippen LogP contribution >= 0.6 is 25.3 Å². The fourth-order valence-corrected chi connectivity index (χ4v) is 1.94. The summed E-state index contributed by atoms with van der Waals surface area (Å²) in [6.45, 7) is 3.84. The molecule has 0 aromatic heterocycles. The van der Waals surface area contributed by atoms with Crippen molar-refractivity contribution in [2.24, 2.45) is 0 Å². The third-order valence-electron chi connectivity index (χ3n) is 1.86. The smallest absolute Gasteiger partial charge is 0.216 e. The van der Waals surface area contributed by atoms with Gasteiger partial charge in [-0.15, -0.1) is 0 Å². The van der Waals surface area contributed by atoms with Crippen LogP contribution in [-0.2, 0) is 52.1 Å². The fourth-order valence-electron chi connectivity index (χ4n) is 1.12. The number of nitrogens with zero attached hydrogens (tertiary/aromatic N) is 2. The van der Waals surface area contributed by atoms with Crippen molar-refractivity contribution in [3.8, 4) is 0 Å². The van der Waals surface area contributed by atoms with Gasteiger partial charge >= 0.3 is 31.6 Å². The Labute approximate surface area is 121 Å². The summed E-state index contributed by atoms with van der Waals surface area (Å²) in [7, 11) is 0. The molecule has 0 aromatic rings. The van der Waals surface area contributed by atoms with E-state index in [9.17, 15) is 0 Å². The van der Waals surface area contributed by atoms with Gasteiger partial charge < -0.3 is 0 Å². The van der Waals surface area contributed by atoms with Crippen LogP contribution < -0.4 is 0 Å². The molecule has 1 fully saturated rings. The summed E-state index contributed by atoms with van der Waals surface area (Å²) >= 11 is 15.9. The van der Waals surface area contributed by atoms with Gasteiger partial charge in [0, 0.05) is 0 Å². The number of piperazine rings is 1. The summed E-state index contributed by atoms with van der Waals surface area (Å²) < 4.78 is 3.82. The average molecular weight is 354 g/mol. The van der Waals surface area contributed by atoms with Gasteiger partial charge in [-0.25, -0.2) is 4.58 Å². The Hall–Kier alpha value is 1.69. The molecule has 7 heteroatoms. The molecule has 0 unspecified atom stereocenters. The van der Waals surface area contributed by atoms with Crippen LogP contribution in [0.4, 0.5) is 0 Å². The van der Waals surface area contributed by atoms with Crippen LogP contribution in [0, 0.1) is 0 Å². The molecule has 2 nitrogen and oxygen atoms in total. The van der Waals surface area contributed by atoms with Crippen molar-refractivity contribution in [3.63, 3.8) is 0 Å². The maximum atomic E-state index is 4.22. The average Bonchev–Trinajstić information content (AvgIpc) is 2.04. The van der Waals surface area contributed by atoms with E-state index in [1.165, 1.54) is 0 Å². The van der Waals surface area contributed by atoms with Crippen molar-refractivity contribution in [2.75, 3.05) is 26.2 Å². The van der Waals surface area contributed by atoms with E-state index in [-0.39, 0.29) is 27.3 Å². The van der Waals surface area contributed by atoms with E-state index in [0.717, 1.165) is 34.9 Å². The van der Waals surface area contributed by atoms with E-state index in [1.807, 2.05) is 0 Å². The quantitative estimate of drug-likeness (QED) is 0.140. The van der Waals surface area contributed by atoms with Crippen LogP contribution in [0.3, 0.4) is 0 Å². The fraction of sp³-hybridized carbons (Fsp3) is 0.667. The van der Waals surface area contributed by atoms with Gasteiger partial charge in [-0.3, -0.25) is 0 Å². The van der Waals surface area contributed by atoms with E-state index < -0.39 is 0 Å². The normalized spacial score (nSPS) is 17.9. The standard InChI is InChI=1S/C6H10N2S4.Cd/c9-5(10)7-1-2-8(4-3-7)6(11)12;/h1-4H2,(H2,9,10,11,12);/q;+2/p+3. The molecule has 0 aliphatic carbocycles. The second-order valence-corrected chi connectivity index (χ2v) is 5.12. The molecule has 1 heterocycles. The Morgan fingerprint density at radius 2 is 1.77 bits per heavy atom. The SMILES string of the molecule is SC(S)=[N+]1CCN(C(=[SH+])[SH2+])CC1.[Cd+2]. The largest absolute Gasteiger partial charge is 2.00 e. The molecule has 13 heavy (non-hydrogen) atoms. The van der Waals surface area contributed by atoms with Crippen LogP contribution in [0.1, 0.15) is 0 Å². The molecule has 0 bridgehead atoms. The Morgan fingerprint density at radius 3 is 2.08 bits per heavy atom. The Bertz CT molecular complexity index is 217. The molecule has 0 N–H and O–H groups in total. The molecule has 1 rings (SSSR count). The summed E-state index contributed by atoms with van der Waals surface area (Å²) in [5.41, 5.74) is 0. The van der Waals surface area contributed by atoms with Crippen molar-refractivity contribution in [1.29, 1.82) is 0 Å². The van der Waals surface area contributed by atoms with Gasteiger partial charge in [0.15, 0.2) is 13.1 Å². The Morgan fingerprint density at radius 1 is 1.31 bits per heavy atom. The zero-order chi connectivity index (χ0) is 9.14. The Kier molecular flexibility index (Phi) is 7.96. The van der Waals surface area contributed by atoms with Gasteiger partial charge in [-0.1, -0.05) is 25.3 Å². The molecule has 0 amide bonds. The van der Waals surface area contributed by atoms with Gasteiger partial charge in [0.05, 0.1) is 25.7 Å². The molecule has 1 saturated heterocycles. The van der Waals surface area contributed by atoms with Crippen LogP contribution in [0.25, 0.3) is 0 Å². The summed E-state index contributed by atoms with van der Waals surface area (Å²) in [4.78, 5) is 2.17. The Balaban J connectivity index is 0.00000144. The molecular formula is C6H13CdN2S4+5. The van der Waals surface area contributed by atoms with Crippen molar-refractivity contribution in [3.05, 3.63) is 0 Å². The number of rotatable bonds is 0. The van der Waals surface area contributed by atoms with Crippen LogP contribution in [0.5, 0.6) is 0 Å². The summed E-state index contributed by atoms with van der Waals surface area (Å²) in [6.07, 6.45) is 0. The van der Waals surface area contributed by atoms with Crippen molar-refractivity contribution in [1.82, 2.24) is 4.90 Å². The first-order valence-electron chi connectivity index (χ1n) is 3.63. The topological polar surface area (TPSA) is 6.25 Å². The number of hydrogen-bond donors (Lipinski definition) is 2. The minimum Gasteiger partial charge on any atom is -0.216 e. The number of thiol groups is 3. The summed E-state index contributed by atoms with van der Waals surface area (Å²) in [5.74, 6) is 0. The molecule has 68 valence electrons. The maximum Gasteiger partial charge on any atom is 2.00 e. The third kappa shape index (κ3) is 4.83. The minimum absolute atomic E-state index is 0. The van der Waals surface area contributed by atoms with Crippen LogP contribution in [0.2, 0.25) is 0 Å². The second-order valence-electron chi connectivity index (χ2n) is 2.60. The van der Waals surface area contributed by atoms with Crippen molar-refractivity contribution < 1.29 is 31.9 Å². The summed E-state index contributed by atoms with van der Waals surface area (Å²) in [6, 6.07) is 0. The van der Waals surface area contributed by atoms with E-state index >= 15 is 0 Å². The van der Waals surface area contributed by atoms with E-state index in [0.29, 0.717) is 0 Å². The van der Waals surface area contributed by atoms with Gasteiger partial charge in [0.1, 0.15) is 0 Å². The second kappa shape index (κ2) is 7.05. The zero-order valence-electron chi connectivity index (χ0n) is 7.27. The van der Waals surface area contributed by atoms with E-state index in [2.05, 4.69) is 59.6 Å². The predicted molar refractivity (Wildman–Crippen MR) is 68.5 cm³/mol. The van der Waals surface area contributed by atoms with Gasteiger partial charge in [0.2, 0.25) is 12.2 Å². The third-order valence-corrected chi connectivity index (χ3v) is 3.03. The first-order chi connectivity index (χ1) is 5.61. The zero-order valence-corrected chi connectivity index (χ0v) is 15.0. The summed E-state index contributed by atoms with van der Waals surface area (Å²) in [5, 5.41) is 0. The maximum absolute atomic E-state index is 4.22. The molecule has 1 aliphatic heterocycles. The first kappa shape index (κ1) is 14.7. The van der Waals surface area contributed by atoms with E-state index in [4.69, 9.17) is 0 Å². The van der Waals surface area contributed by atoms with Crippen LogP contribution in [-0.4, -0.2) is 44.4 Å². The molecule has 0 saturated carbocycles. The minimum atomic E-state index is 0. The van der Waals surface area contributed by atoms with Crippen molar-refractivity contribution >= 4 is 58.8 Å². The molecule has 0 spiro atoms.